The molecule has 0 amide bonds. The molecule has 1 aliphatic rings. The normalized spacial score (nSPS) is 21.3. The predicted octanol–water partition coefficient (Wildman–Crippen LogP) is 3.57. The first-order valence-electron chi connectivity index (χ1n) is 8.37. The van der Waals surface area contributed by atoms with Gasteiger partial charge < -0.3 is 4.74 Å². The Hall–Kier alpha value is -2.12. The van der Waals surface area contributed by atoms with Gasteiger partial charge in [-0.15, -0.1) is 0 Å². The summed E-state index contributed by atoms with van der Waals surface area (Å²) in [6, 6.07) is 11.7. The van der Waals surface area contributed by atoms with E-state index in [4.69, 9.17) is 9.88 Å². The molecule has 1 aliphatic carbocycles. The molecule has 0 radical (unpaired) electrons. The minimum atomic E-state index is -3.77. The molecule has 0 aliphatic heterocycles. The Kier molecular flexibility index (Phi) is 4.71. The van der Waals surface area contributed by atoms with Crippen LogP contribution in [0.1, 0.15) is 30.9 Å². The maximum absolute atomic E-state index is 13.2. The van der Waals surface area contributed by atoms with Gasteiger partial charge in [0.15, 0.2) is 0 Å². The van der Waals surface area contributed by atoms with Crippen molar-refractivity contribution in [1.29, 1.82) is 0 Å². The van der Waals surface area contributed by atoms with Gasteiger partial charge in [0.1, 0.15) is 11.6 Å². The van der Waals surface area contributed by atoms with Gasteiger partial charge in [-0.25, -0.2) is 9.53 Å². The maximum Gasteiger partial charge on any atom is 0.296 e. The molecule has 3 rings (SSSR count). The van der Waals surface area contributed by atoms with E-state index < -0.39 is 10.2 Å². The van der Waals surface area contributed by atoms with Crippen LogP contribution in [0.3, 0.4) is 0 Å². The lowest BCUT2D eigenvalue weighted by Crippen LogP contribution is -2.21. The fourth-order valence-corrected chi connectivity index (χ4v) is 4.06. The van der Waals surface area contributed by atoms with Gasteiger partial charge in [-0.1, -0.05) is 26.0 Å². The Morgan fingerprint density at radius 3 is 2.42 bits per heavy atom. The second kappa shape index (κ2) is 6.55. The molecule has 0 heterocycles. The van der Waals surface area contributed by atoms with Crippen LogP contribution >= 0.6 is 0 Å². The molecule has 3 N–H and O–H groups in total. The van der Waals surface area contributed by atoms with E-state index in [0.717, 1.165) is 11.1 Å². The second-order valence-corrected chi connectivity index (χ2v) is 8.69. The highest BCUT2D eigenvalue weighted by Crippen LogP contribution is 2.64. The summed E-state index contributed by atoms with van der Waals surface area (Å²) in [5.74, 6) is 1.06. The summed E-state index contributed by atoms with van der Waals surface area (Å²) < 4.78 is 43.5. The summed E-state index contributed by atoms with van der Waals surface area (Å²) in [4.78, 5) is 0. The monoisotopic (exact) mass is 378 g/mol. The van der Waals surface area contributed by atoms with E-state index in [1.54, 1.807) is 18.2 Å². The van der Waals surface area contributed by atoms with Crippen molar-refractivity contribution in [1.82, 2.24) is 0 Å². The number of anilines is 1. The SMILES string of the molecule is Cc1cc(F)ccc1OC[C@H]1[C@H](c2ccc(NS(N)(=O)=O)cc2)C1(C)C. The number of nitrogens with one attached hydrogen (secondary N) is 1. The molecule has 2 aromatic rings. The maximum atomic E-state index is 13.2. The number of halogens is 1. The summed E-state index contributed by atoms with van der Waals surface area (Å²) >= 11 is 0. The highest BCUT2D eigenvalue weighted by molar-refractivity contribution is 7.90. The summed E-state index contributed by atoms with van der Waals surface area (Å²) in [6.07, 6.45) is 0. The molecule has 0 saturated heterocycles. The largest absolute Gasteiger partial charge is 0.493 e. The highest BCUT2D eigenvalue weighted by Gasteiger charge is 2.58. The van der Waals surface area contributed by atoms with Crippen LogP contribution in [0, 0.1) is 24.1 Å². The van der Waals surface area contributed by atoms with E-state index in [9.17, 15) is 12.8 Å². The zero-order valence-electron chi connectivity index (χ0n) is 15.0. The number of benzene rings is 2. The van der Waals surface area contributed by atoms with Crippen LogP contribution in [0.5, 0.6) is 5.75 Å². The van der Waals surface area contributed by atoms with E-state index in [1.807, 2.05) is 19.1 Å². The Labute approximate surface area is 153 Å². The van der Waals surface area contributed by atoms with Crippen molar-refractivity contribution in [2.45, 2.75) is 26.7 Å². The molecule has 0 spiro atoms. The summed E-state index contributed by atoms with van der Waals surface area (Å²) in [5.41, 5.74) is 2.41. The van der Waals surface area contributed by atoms with Gasteiger partial charge in [0.25, 0.3) is 10.2 Å². The third-order valence-electron chi connectivity index (χ3n) is 5.14. The third-order valence-corrected chi connectivity index (χ3v) is 5.66. The van der Waals surface area contributed by atoms with E-state index in [1.165, 1.54) is 12.1 Å². The van der Waals surface area contributed by atoms with Gasteiger partial charge in [-0.3, -0.25) is 4.72 Å². The number of ether oxygens (including phenoxy) is 1. The van der Waals surface area contributed by atoms with Gasteiger partial charge in [-0.2, -0.15) is 8.42 Å². The summed E-state index contributed by atoms with van der Waals surface area (Å²) in [6.45, 7) is 6.73. The molecular formula is C19H23FN2O3S. The van der Waals surface area contributed by atoms with Crippen LogP contribution in [0.4, 0.5) is 10.1 Å². The minimum absolute atomic E-state index is 0.0722. The fourth-order valence-electron chi connectivity index (χ4n) is 3.59. The third kappa shape index (κ3) is 3.99. The zero-order chi connectivity index (χ0) is 19.1. The van der Waals surface area contributed by atoms with Crippen LogP contribution < -0.4 is 14.6 Å². The Morgan fingerprint density at radius 1 is 1.19 bits per heavy atom. The van der Waals surface area contributed by atoms with Gasteiger partial charge in [0.2, 0.25) is 0 Å². The van der Waals surface area contributed by atoms with E-state index in [0.29, 0.717) is 29.9 Å². The average Bonchev–Trinajstić information content (AvgIpc) is 3.07. The number of nitrogens with two attached hydrogens (primary N) is 1. The van der Waals surface area contributed by atoms with Crippen molar-refractivity contribution >= 4 is 15.9 Å². The number of hydrogen-bond acceptors (Lipinski definition) is 3. The molecule has 1 fully saturated rings. The standard InChI is InChI=1S/C19H23FN2O3S/c1-12-10-14(20)6-9-17(12)25-11-16-18(19(16,2)3)13-4-7-15(8-5-13)22-26(21,23)24/h4-10,16,18,22H,11H2,1-3H3,(H2,21,23,24)/t16-,18-/m0/s1. The lowest BCUT2D eigenvalue weighted by atomic mass is 10.0. The van der Waals surface area contributed by atoms with E-state index in [2.05, 4.69) is 18.6 Å². The topological polar surface area (TPSA) is 81.4 Å². The second-order valence-electron chi connectivity index (χ2n) is 7.40. The molecule has 26 heavy (non-hydrogen) atoms. The minimum Gasteiger partial charge on any atom is -0.493 e. The Bertz CT molecular complexity index is 911. The van der Waals surface area contributed by atoms with Crippen LogP contribution in [0.2, 0.25) is 0 Å². The Morgan fingerprint density at radius 2 is 1.85 bits per heavy atom. The molecule has 2 atom stereocenters. The number of rotatable bonds is 6. The molecular weight excluding hydrogens is 355 g/mol. The fraction of sp³-hybridized carbons (Fsp3) is 0.368. The molecule has 5 nitrogen and oxygen atoms in total. The first kappa shape index (κ1) is 18.7. The molecule has 140 valence electrons. The van der Waals surface area contributed by atoms with Crippen LogP contribution in [-0.2, 0) is 10.2 Å². The molecule has 0 unspecified atom stereocenters. The van der Waals surface area contributed by atoms with Crippen LogP contribution in [-0.4, -0.2) is 15.0 Å². The summed E-state index contributed by atoms with van der Waals surface area (Å²) in [5, 5.41) is 4.98. The number of hydrogen-bond donors (Lipinski definition) is 2. The highest BCUT2D eigenvalue weighted by atomic mass is 32.2. The van der Waals surface area contributed by atoms with E-state index in [-0.39, 0.29) is 11.2 Å². The lowest BCUT2D eigenvalue weighted by molar-refractivity contribution is 0.277. The molecule has 2 aromatic carbocycles. The molecule has 7 heteroatoms. The van der Waals surface area contributed by atoms with Crippen molar-refractivity contribution in [2.24, 2.45) is 16.5 Å². The molecule has 1 saturated carbocycles. The average molecular weight is 378 g/mol. The van der Waals surface area contributed by atoms with Crippen molar-refractivity contribution in [3.05, 3.63) is 59.4 Å². The lowest BCUT2D eigenvalue weighted by Gasteiger charge is -2.09. The smallest absolute Gasteiger partial charge is 0.296 e. The zero-order valence-corrected chi connectivity index (χ0v) is 15.8. The first-order chi connectivity index (χ1) is 12.1. The molecule has 0 aromatic heterocycles. The van der Waals surface area contributed by atoms with Crippen molar-refractivity contribution in [3.8, 4) is 5.75 Å². The first-order valence-corrected chi connectivity index (χ1v) is 9.92. The summed E-state index contributed by atoms with van der Waals surface area (Å²) in [7, 11) is -3.77. The van der Waals surface area contributed by atoms with E-state index >= 15 is 0 Å². The van der Waals surface area contributed by atoms with Gasteiger partial charge in [0, 0.05) is 11.6 Å². The molecule has 0 bridgehead atoms. The van der Waals surface area contributed by atoms with Crippen LogP contribution in [0.15, 0.2) is 42.5 Å². The van der Waals surface area contributed by atoms with Crippen LogP contribution in [0.25, 0.3) is 0 Å². The van der Waals surface area contributed by atoms with Gasteiger partial charge >= 0.3 is 0 Å². The van der Waals surface area contributed by atoms with Crippen molar-refractivity contribution in [2.75, 3.05) is 11.3 Å². The van der Waals surface area contributed by atoms with Crippen molar-refractivity contribution < 1.29 is 17.5 Å². The quantitative estimate of drug-likeness (QED) is 0.806. The number of aryl methyl sites for hydroxylation is 1. The van der Waals surface area contributed by atoms with Gasteiger partial charge in [0.05, 0.1) is 6.61 Å². The predicted molar refractivity (Wildman–Crippen MR) is 99.8 cm³/mol. The Balaban J connectivity index is 1.67. The van der Waals surface area contributed by atoms with Crippen molar-refractivity contribution in [3.63, 3.8) is 0 Å². The van der Waals surface area contributed by atoms with Gasteiger partial charge in [-0.05, 0) is 59.7 Å².